The highest BCUT2D eigenvalue weighted by atomic mass is 32.1. The van der Waals surface area contributed by atoms with Gasteiger partial charge in [-0.1, -0.05) is 47.7 Å². The molecule has 1 heterocycles. The Labute approximate surface area is 182 Å². The van der Waals surface area contributed by atoms with E-state index in [9.17, 15) is 14.9 Å². The fourth-order valence-corrected chi connectivity index (χ4v) is 4.02. The summed E-state index contributed by atoms with van der Waals surface area (Å²) >= 11 is 1.39. The first-order valence-electron chi connectivity index (χ1n) is 9.52. The van der Waals surface area contributed by atoms with Crippen LogP contribution in [0.15, 0.2) is 77.9 Å². The van der Waals surface area contributed by atoms with Crippen molar-refractivity contribution in [2.75, 3.05) is 5.01 Å². The molecule has 0 spiro atoms. The lowest BCUT2D eigenvalue weighted by Gasteiger charge is -2.13. The Morgan fingerprint density at radius 3 is 2.58 bits per heavy atom. The molecule has 154 valence electrons. The number of non-ortho nitro benzene ring substituents is 1. The highest BCUT2D eigenvalue weighted by Gasteiger charge is 2.19. The number of hydrazone groups is 1. The summed E-state index contributed by atoms with van der Waals surface area (Å²) in [6.45, 7) is 2.00. The molecule has 3 aromatic carbocycles. The zero-order valence-electron chi connectivity index (χ0n) is 16.6. The summed E-state index contributed by atoms with van der Waals surface area (Å²) < 4.78 is 0.970. The molecule has 0 N–H and O–H groups in total. The molecule has 0 aliphatic heterocycles. The van der Waals surface area contributed by atoms with Gasteiger partial charge in [0.25, 0.3) is 11.6 Å². The second-order valence-electron chi connectivity index (χ2n) is 6.93. The number of nitrogens with zero attached hydrogens (tertiary/aromatic N) is 4. The van der Waals surface area contributed by atoms with Crippen LogP contribution in [0.1, 0.15) is 16.7 Å². The van der Waals surface area contributed by atoms with Gasteiger partial charge in [-0.3, -0.25) is 14.9 Å². The number of carbonyl (C=O) groups is 1. The molecular weight excluding hydrogens is 412 g/mol. The van der Waals surface area contributed by atoms with Crippen LogP contribution >= 0.6 is 11.3 Å². The Balaban J connectivity index is 1.67. The fraction of sp³-hybridized carbons (Fsp3) is 0.0870. The highest BCUT2D eigenvalue weighted by molar-refractivity contribution is 7.22. The molecule has 0 fully saturated rings. The van der Waals surface area contributed by atoms with Crippen LogP contribution in [-0.4, -0.2) is 22.0 Å². The Morgan fingerprint density at radius 1 is 1.13 bits per heavy atom. The molecular formula is C23H18N4O3S. The van der Waals surface area contributed by atoms with E-state index in [0.29, 0.717) is 10.7 Å². The maximum absolute atomic E-state index is 13.1. The topological polar surface area (TPSA) is 88.7 Å². The first-order chi connectivity index (χ1) is 15.0. The predicted molar refractivity (Wildman–Crippen MR) is 123 cm³/mol. The second-order valence-corrected chi connectivity index (χ2v) is 7.94. The molecule has 0 unspecified atom stereocenters. The molecule has 0 aliphatic rings. The van der Waals surface area contributed by atoms with Crippen molar-refractivity contribution in [2.45, 2.75) is 13.3 Å². The minimum absolute atomic E-state index is 0.00398. The van der Waals surface area contributed by atoms with E-state index in [1.54, 1.807) is 12.1 Å². The van der Waals surface area contributed by atoms with Gasteiger partial charge in [-0.05, 0) is 47.9 Å². The Morgan fingerprint density at radius 2 is 1.87 bits per heavy atom. The smallest absolute Gasteiger partial charge is 0.269 e. The number of amides is 1. The number of rotatable bonds is 6. The quantitative estimate of drug-likeness (QED) is 0.241. The lowest BCUT2D eigenvalue weighted by Crippen LogP contribution is -2.27. The van der Waals surface area contributed by atoms with Gasteiger partial charge in [-0.25, -0.2) is 4.98 Å². The number of nitro groups is 1. The average molecular weight is 430 g/mol. The predicted octanol–water partition coefficient (Wildman–Crippen LogP) is 5.12. The van der Waals surface area contributed by atoms with Crippen LogP contribution in [-0.2, 0) is 11.2 Å². The van der Waals surface area contributed by atoms with Crippen molar-refractivity contribution >= 4 is 44.5 Å². The Kier molecular flexibility index (Phi) is 5.81. The Hall–Kier alpha value is -3.91. The average Bonchev–Trinajstić information content (AvgIpc) is 3.17. The molecule has 0 saturated carbocycles. The first-order valence-corrected chi connectivity index (χ1v) is 10.3. The van der Waals surface area contributed by atoms with Crippen molar-refractivity contribution < 1.29 is 9.72 Å². The largest absolute Gasteiger partial charge is 0.272 e. The van der Waals surface area contributed by atoms with E-state index in [0.717, 1.165) is 21.3 Å². The number of fused-ring (bicyclic) bond motifs is 1. The third-order valence-corrected chi connectivity index (χ3v) is 5.57. The van der Waals surface area contributed by atoms with E-state index in [1.165, 1.54) is 34.7 Å². The standard InChI is InChI=1S/C23H18N4O3S/c1-16-7-12-20-21(13-16)31-23(25-20)26(22(28)14-17-5-3-2-4-6-17)24-15-18-8-10-19(11-9-18)27(29)30/h2-13,15H,14H2,1H3/b24-15+. The van der Waals surface area contributed by atoms with E-state index in [2.05, 4.69) is 10.1 Å². The van der Waals surface area contributed by atoms with Gasteiger partial charge in [0.2, 0.25) is 5.13 Å². The van der Waals surface area contributed by atoms with Gasteiger partial charge in [0.1, 0.15) is 0 Å². The SMILES string of the molecule is Cc1ccc2nc(N(/N=C/c3ccc([N+](=O)[O-])cc3)C(=O)Cc3ccccc3)sc2c1. The van der Waals surface area contributed by atoms with Crippen molar-refractivity contribution in [3.05, 3.63) is 99.6 Å². The normalized spacial score (nSPS) is 11.1. The molecule has 0 aliphatic carbocycles. The molecule has 0 bridgehead atoms. The van der Waals surface area contributed by atoms with Crippen LogP contribution < -0.4 is 5.01 Å². The molecule has 4 rings (SSSR count). The van der Waals surface area contributed by atoms with Crippen LogP contribution in [0.5, 0.6) is 0 Å². The third-order valence-electron chi connectivity index (χ3n) is 4.57. The van der Waals surface area contributed by atoms with Crippen molar-refractivity contribution in [1.82, 2.24) is 4.98 Å². The lowest BCUT2D eigenvalue weighted by molar-refractivity contribution is -0.384. The maximum Gasteiger partial charge on any atom is 0.269 e. The number of carbonyl (C=O) groups excluding carboxylic acids is 1. The second kappa shape index (κ2) is 8.85. The van der Waals surface area contributed by atoms with Crippen molar-refractivity contribution in [2.24, 2.45) is 5.10 Å². The number of nitro benzene ring substituents is 1. The molecule has 7 nitrogen and oxygen atoms in total. The minimum atomic E-state index is -0.459. The lowest BCUT2D eigenvalue weighted by atomic mass is 10.1. The number of hydrogen-bond donors (Lipinski definition) is 0. The number of benzene rings is 3. The molecule has 0 radical (unpaired) electrons. The highest BCUT2D eigenvalue weighted by Crippen LogP contribution is 2.30. The maximum atomic E-state index is 13.1. The van der Waals surface area contributed by atoms with Crippen LogP contribution in [0.25, 0.3) is 10.2 Å². The molecule has 31 heavy (non-hydrogen) atoms. The van der Waals surface area contributed by atoms with E-state index in [1.807, 2.05) is 55.5 Å². The number of aryl methyl sites for hydroxylation is 1. The summed E-state index contributed by atoms with van der Waals surface area (Å²) in [5, 5.41) is 17.0. The number of anilines is 1. The van der Waals surface area contributed by atoms with E-state index < -0.39 is 4.92 Å². The zero-order chi connectivity index (χ0) is 21.8. The summed E-state index contributed by atoms with van der Waals surface area (Å²) in [6.07, 6.45) is 1.68. The summed E-state index contributed by atoms with van der Waals surface area (Å²) in [6, 6.07) is 21.3. The van der Waals surface area contributed by atoms with Crippen molar-refractivity contribution in [3.8, 4) is 0 Å². The van der Waals surface area contributed by atoms with Crippen molar-refractivity contribution in [1.29, 1.82) is 0 Å². The van der Waals surface area contributed by atoms with Gasteiger partial charge in [-0.15, -0.1) is 0 Å². The van der Waals surface area contributed by atoms with Gasteiger partial charge in [0.15, 0.2) is 0 Å². The van der Waals surface area contributed by atoms with Crippen LogP contribution in [0.4, 0.5) is 10.8 Å². The van der Waals surface area contributed by atoms with Gasteiger partial charge < -0.3 is 0 Å². The minimum Gasteiger partial charge on any atom is -0.272 e. The van der Waals surface area contributed by atoms with Gasteiger partial charge in [0, 0.05) is 12.1 Å². The number of thiazole rings is 1. The van der Waals surface area contributed by atoms with E-state index >= 15 is 0 Å². The van der Waals surface area contributed by atoms with Crippen LogP contribution in [0.3, 0.4) is 0 Å². The van der Waals surface area contributed by atoms with Gasteiger partial charge >= 0.3 is 0 Å². The third kappa shape index (κ3) is 4.81. The zero-order valence-corrected chi connectivity index (χ0v) is 17.5. The Bertz CT molecular complexity index is 1270. The van der Waals surface area contributed by atoms with E-state index in [-0.39, 0.29) is 18.0 Å². The van der Waals surface area contributed by atoms with Crippen molar-refractivity contribution in [3.63, 3.8) is 0 Å². The first kappa shape index (κ1) is 20.4. The van der Waals surface area contributed by atoms with Gasteiger partial charge in [0.05, 0.1) is 27.8 Å². The number of hydrogen-bond acceptors (Lipinski definition) is 6. The monoisotopic (exact) mass is 430 g/mol. The molecule has 4 aromatic rings. The molecule has 0 atom stereocenters. The van der Waals surface area contributed by atoms with Gasteiger partial charge in [-0.2, -0.15) is 10.1 Å². The molecule has 1 aromatic heterocycles. The number of aromatic nitrogens is 1. The fourth-order valence-electron chi connectivity index (χ4n) is 2.98. The molecule has 8 heteroatoms. The van der Waals surface area contributed by atoms with E-state index in [4.69, 9.17) is 0 Å². The summed E-state index contributed by atoms with van der Waals surface area (Å²) in [4.78, 5) is 28.1. The van der Waals surface area contributed by atoms with Crippen LogP contribution in [0.2, 0.25) is 0 Å². The molecule has 0 saturated heterocycles. The molecule has 1 amide bonds. The summed E-state index contributed by atoms with van der Waals surface area (Å²) in [7, 11) is 0. The summed E-state index contributed by atoms with van der Waals surface area (Å²) in [5.74, 6) is -0.222. The summed E-state index contributed by atoms with van der Waals surface area (Å²) in [5.41, 5.74) is 3.42. The van der Waals surface area contributed by atoms with Crippen LogP contribution in [0, 0.1) is 17.0 Å².